The number of halogens is 1. The Kier molecular flexibility index (Phi) is 7.66. The van der Waals surface area contributed by atoms with E-state index >= 15 is 0 Å². The molecule has 0 aromatic carbocycles. The molecular formula is C29H49IO2. The fourth-order valence-corrected chi connectivity index (χ4v) is 10.6. The zero-order valence-corrected chi connectivity index (χ0v) is 23.8. The first kappa shape index (κ1) is 25.3. The Morgan fingerprint density at radius 1 is 1.00 bits per heavy atom. The van der Waals surface area contributed by atoms with Crippen molar-refractivity contribution >= 4 is 28.6 Å². The Labute approximate surface area is 211 Å². The highest BCUT2D eigenvalue weighted by Gasteiger charge is 2.61. The standard InChI is InChI=1S/C29H49IO2/c1-18(2)8-7-9-19(3)23-12-13-24-22-11-10-21-16-26(30)27(32-20(4)31)17-29(21,6)25(22)14-15-28(23,24)5/h18-19,21-27H,7-17H2,1-6H3/t19-,21+,22+,23-,24+,25+,26+,27+,28-,29+/m1/s1. The third kappa shape index (κ3) is 4.55. The molecule has 32 heavy (non-hydrogen) atoms. The summed E-state index contributed by atoms with van der Waals surface area (Å²) in [5.41, 5.74) is 0.935. The summed E-state index contributed by atoms with van der Waals surface area (Å²) in [5, 5.41) is 0. The molecule has 4 fully saturated rings. The third-order valence-electron chi connectivity index (χ3n) is 11.1. The molecule has 0 aromatic rings. The normalized spacial score (nSPS) is 46.8. The van der Waals surface area contributed by atoms with Crippen LogP contribution >= 0.6 is 22.6 Å². The molecule has 0 aliphatic heterocycles. The number of carbonyl (C=O) groups is 1. The topological polar surface area (TPSA) is 26.3 Å². The lowest BCUT2D eigenvalue weighted by atomic mass is 9.44. The number of hydrogen-bond acceptors (Lipinski definition) is 2. The van der Waals surface area contributed by atoms with Gasteiger partial charge in [-0.05, 0) is 104 Å². The molecule has 0 spiro atoms. The van der Waals surface area contributed by atoms with Crippen LogP contribution < -0.4 is 0 Å². The molecule has 4 rings (SSSR count). The first-order valence-corrected chi connectivity index (χ1v) is 15.1. The van der Waals surface area contributed by atoms with Gasteiger partial charge in [0.05, 0.1) is 0 Å². The lowest BCUT2D eigenvalue weighted by molar-refractivity contribution is -0.161. The Balaban J connectivity index is 1.48. The zero-order chi connectivity index (χ0) is 23.3. The van der Waals surface area contributed by atoms with E-state index in [0.717, 1.165) is 47.8 Å². The summed E-state index contributed by atoms with van der Waals surface area (Å²) in [4.78, 5) is 11.8. The third-order valence-corrected chi connectivity index (χ3v) is 12.4. The Morgan fingerprint density at radius 3 is 2.41 bits per heavy atom. The minimum Gasteiger partial charge on any atom is -0.461 e. The first-order chi connectivity index (χ1) is 15.1. The Morgan fingerprint density at radius 2 is 1.72 bits per heavy atom. The molecule has 0 saturated heterocycles. The summed E-state index contributed by atoms with van der Waals surface area (Å²) in [7, 11) is 0. The fraction of sp³-hybridized carbons (Fsp3) is 0.966. The van der Waals surface area contributed by atoms with Crippen LogP contribution in [0.1, 0.15) is 112 Å². The van der Waals surface area contributed by atoms with Gasteiger partial charge in [0.2, 0.25) is 0 Å². The molecule has 2 nitrogen and oxygen atoms in total. The first-order valence-electron chi connectivity index (χ1n) is 13.9. The van der Waals surface area contributed by atoms with Crippen molar-refractivity contribution in [1.29, 1.82) is 0 Å². The van der Waals surface area contributed by atoms with Crippen molar-refractivity contribution in [2.75, 3.05) is 0 Å². The van der Waals surface area contributed by atoms with E-state index in [4.69, 9.17) is 4.74 Å². The van der Waals surface area contributed by atoms with Crippen LogP contribution in [0.5, 0.6) is 0 Å². The van der Waals surface area contributed by atoms with Gasteiger partial charge in [-0.3, -0.25) is 4.79 Å². The summed E-state index contributed by atoms with van der Waals surface area (Å²) in [6.45, 7) is 14.2. The van der Waals surface area contributed by atoms with E-state index in [1.807, 2.05) is 0 Å². The number of hydrogen-bond donors (Lipinski definition) is 0. The maximum atomic E-state index is 11.8. The van der Waals surface area contributed by atoms with Crippen LogP contribution in [0.4, 0.5) is 0 Å². The summed E-state index contributed by atoms with van der Waals surface area (Å²) in [6, 6.07) is 0. The highest BCUT2D eigenvalue weighted by molar-refractivity contribution is 14.1. The molecule has 0 bridgehead atoms. The molecule has 4 saturated carbocycles. The maximum absolute atomic E-state index is 11.8. The number of fused-ring (bicyclic) bond motifs is 5. The average Bonchev–Trinajstić information content (AvgIpc) is 3.05. The van der Waals surface area contributed by atoms with E-state index in [-0.39, 0.29) is 12.1 Å². The minimum absolute atomic E-state index is 0.0904. The lowest BCUT2D eigenvalue weighted by Gasteiger charge is -2.62. The van der Waals surface area contributed by atoms with E-state index in [0.29, 0.717) is 14.8 Å². The van der Waals surface area contributed by atoms with Gasteiger partial charge in [-0.25, -0.2) is 0 Å². The zero-order valence-electron chi connectivity index (χ0n) is 21.7. The molecule has 4 aliphatic rings. The molecule has 0 amide bonds. The van der Waals surface area contributed by atoms with Crippen molar-refractivity contribution in [3.8, 4) is 0 Å². The van der Waals surface area contributed by atoms with Crippen LogP contribution in [0.3, 0.4) is 0 Å². The number of alkyl halides is 1. The number of rotatable bonds is 6. The van der Waals surface area contributed by atoms with Crippen LogP contribution in [0, 0.1) is 52.3 Å². The second kappa shape index (κ2) is 9.69. The summed E-state index contributed by atoms with van der Waals surface area (Å²) in [6.07, 6.45) is 15.4. The predicted octanol–water partition coefficient (Wildman–Crippen LogP) is 8.45. The van der Waals surface area contributed by atoms with Crippen molar-refractivity contribution < 1.29 is 9.53 Å². The van der Waals surface area contributed by atoms with E-state index in [9.17, 15) is 4.79 Å². The molecule has 184 valence electrons. The predicted molar refractivity (Wildman–Crippen MR) is 142 cm³/mol. The lowest BCUT2D eigenvalue weighted by Crippen LogP contribution is -2.56. The molecule has 0 heterocycles. The Hall–Kier alpha value is 0.200. The van der Waals surface area contributed by atoms with Crippen molar-refractivity contribution in [1.82, 2.24) is 0 Å². The monoisotopic (exact) mass is 556 g/mol. The molecule has 0 aromatic heterocycles. The van der Waals surface area contributed by atoms with Crippen molar-refractivity contribution in [2.45, 2.75) is 122 Å². The molecule has 10 atom stereocenters. The highest BCUT2D eigenvalue weighted by atomic mass is 127. The van der Waals surface area contributed by atoms with Gasteiger partial charge in [0.1, 0.15) is 6.10 Å². The van der Waals surface area contributed by atoms with Crippen LogP contribution in [0.2, 0.25) is 0 Å². The van der Waals surface area contributed by atoms with Gasteiger partial charge < -0.3 is 4.74 Å². The minimum atomic E-state index is -0.0904. The second-order valence-corrected chi connectivity index (χ2v) is 14.9. The SMILES string of the molecule is CC(=O)O[C@H]1C[C@@]2(C)[C@@H](CC[C@@H]3[C@@H]2CC[C@]2(C)[C@@H]([C@H](C)CCCC(C)C)CC[C@@H]32)C[C@@H]1I. The largest absolute Gasteiger partial charge is 0.461 e. The molecule has 0 radical (unpaired) electrons. The smallest absolute Gasteiger partial charge is 0.302 e. The molecule has 4 aliphatic carbocycles. The van der Waals surface area contributed by atoms with E-state index in [2.05, 4.69) is 57.2 Å². The molecule has 3 heteroatoms. The van der Waals surface area contributed by atoms with E-state index in [1.54, 1.807) is 6.92 Å². The molecule has 0 N–H and O–H groups in total. The van der Waals surface area contributed by atoms with Crippen LogP contribution in [0.25, 0.3) is 0 Å². The van der Waals surface area contributed by atoms with Gasteiger partial charge >= 0.3 is 5.97 Å². The highest BCUT2D eigenvalue weighted by Crippen LogP contribution is 2.68. The summed E-state index contributed by atoms with van der Waals surface area (Å²) in [5.74, 6) is 6.08. The van der Waals surface area contributed by atoms with Gasteiger partial charge in [-0.1, -0.05) is 76.5 Å². The summed E-state index contributed by atoms with van der Waals surface area (Å²) < 4.78 is 6.35. The van der Waals surface area contributed by atoms with Crippen molar-refractivity contribution in [3.63, 3.8) is 0 Å². The number of esters is 1. The van der Waals surface area contributed by atoms with Crippen LogP contribution in [-0.4, -0.2) is 16.0 Å². The van der Waals surface area contributed by atoms with Crippen molar-refractivity contribution in [2.24, 2.45) is 52.3 Å². The van der Waals surface area contributed by atoms with E-state index < -0.39 is 0 Å². The quantitative estimate of drug-likeness (QED) is 0.186. The average molecular weight is 557 g/mol. The van der Waals surface area contributed by atoms with Gasteiger partial charge in [-0.2, -0.15) is 0 Å². The van der Waals surface area contributed by atoms with Gasteiger partial charge in [-0.15, -0.1) is 0 Å². The van der Waals surface area contributed by atoms with Crippen molar-refractivity contribution in [3.05, 3.63) is 0 Å². The van der Waals surface area contributed by atoms with Crippen LogP contribution in [0.15, 0.2) is 0 Å². The Bertz CT molecular complexity index is 676. The number of ether oxygens (including phenoxy) is 1. The van der Waals surface area contributed by atoms with Gasteiger partial charge in [0.15, 0.2) is 0 Å². The van der Waals surface area contributed by atoms with Gasteiger partial charge in [0, 0.05) is 10.8 Å². The summed E-state index contributed by atoms with van der Waals surface area (Å²) >= 11 is 2.57. The fourth-order valence-electron chi connectivity index (χ4n) is 9.58. The number of carbonyl (C=O) groups excluding carboxylic acids is 1. The second-order valence-electron chi connectivity index (χ2n) is 13.3. The van der Waals surface area contributed by atoms with Crippen LogP contribution in [-0.2, 0) is 9.53 Å². The molecule has 0 unspecified atom stereocenters. The van der Waals surface area contributed by atoms with Gasteiger partial charge in [0.25, 0.3) is 0 Å². The maximum Gasteiger partial charge on any atom is 0.302 e. The van der Waals surface area contributed by atoms with E-state index in [1.165, 1.54) is 64.2 Å². The molecular weight excluding hydrogens is 507 g/mol.